The minimum atomic E-state index is -5.01. The number of aromatic carboxylic acids is 1. The molecule has 2 heterocycles. The minimum absolute atomic E-state index is 0.0195. The van der Waals surface area contributed by atoms with E-state index in [1.165, 1.54) is 21.7 Å². The number of carboxylic acids is 1. The number of piperazine rings is 1. The number of hydrogen-bond donors (Lipinski definition) is 2. The second kappa shape index (κ2) is 10.6. The van der Waals surface area contributed by atoms with Crippen molar-refractivity contribution in [3.8, 4) is 0 Å². The highest BCUT2D eigenvalue weighted by molar-refractivity contribution is 7.80. The molecule has 2 N–H and O–H groups in total. The van der Waals surface area contributed by atoms with Gasteiger partial charge in [0.15, 0.2) is 5.11 Å². The van der Waals surface area contributed by atoms with E-state index >= 15 is 4.39 Å². The largest absolute Gasteiger partial charge is 0.477 e. The monoisotopic (exact) mass is 590 g/mol. The molecule has 40 heavy (non-hydrogen) atoms. The average Bonchev–Trinajstić information content (AvgIpc) is 2.87. The molecule has 0 unspecified atom stereocenters. The number of carboxylic acid groups (broad SMARTS) is 1. The summed E-state index contributed by atoms with van der Waals surface area (Å²) < 4.78 is 95.6. The Kier molecular flexibility index (Phi) is 7.71. The van der Waals surface area contributed by atoms with Gasteiger partial charge >= 0.3 is 18.3 Å². The molecule has 15 heteroatoms. The fourth-order valence-corrected chi connectivity index (χ4v) is 4.74. The summed E-state index contributed by atoms with van der Waals surface area (Å²) in [5.41, 5.74) is -4.27. The van der Waals surface area contributed by atoms with E-state index in [1.807, 2.05) is 0 Å². The Morgan fingerprint density at radius 2 is 1.55 bits per heavy atom. The molecule has 0 spiro atoms. The Morgan fingerprint density at radius 1 is 0.975 bits per heavy atom. The molecule has 1 saturated heterocycles. The van der Waals surface area contributed by atoms with E-state index in [0.717, 1.165) is 6.07 Å². The van der Waals surface area contributed by atoms with Crippen molar-refractivity contribution < 1.29 is 40.6 Å². The smallest absolute Gasteiger partial charge is 0.416 e. The van der Waals surface area contributed by atoms with Gasteiger partial charge in [-0.2, -0.15) is 26.3 Å². The number of carbonyl (C=O) groups is 1. The summed E-state index contributed by atoms with van der Waals surface area (Å²) in [5.74, 6) is -2.19. The minimum Gasteiger partial charge on any atom is -0.477 e. The quantitative estimate of drug-likeness (QED) is 0.311. The van der Waals surface area contributed by atoms with Gasteiger partial charge in [0.2, 0.25) is 5.43 Å². The lowest BCUT2D eigenvalue weighted by molar-refractivity contribution is -0.143. The lowest BCUT2D eigenvalue weighted by atomic mass is 10.1. The van der Waals surface area contributed by atoms with Gasteiger partial charge in [0.25, 0.3) is 0 Å². The number of anilines is 2. The molecule has 0 radical (unpaired) electrons. The number of aromatic nitrogens is 1. The highest BCUT2D eigenvalue weighted by Gasteiger charge is 2.37. The molecule has 7 nitrogen and oxygen atoms in total. The van der Waals surface area contributed by atoms with Crippen molar-refractivity contribution in [1.29, 1.82) is 0 Å². The Bertz CT molecular complexity index is 1510. The Labute approximate surface area is 227 Å². The van der Waals surface area contributed by atoms with E-state index < -0.39 is 51.9 Å². The third-order valence-electron chi connectivity index (χ3n) is 6.47. The maximum absolute atomic E-state index is 15.1. The molecule has 4 rings (SSSR count). The Morgan fingerprint density at radius 3 is 2.05 bits per heavy atom. The predicted octanol–water partition coefficient (Wildman–Crippen LogP) is 5.42. The van der Waals surface area contributed by atoms with E-state index in [2.05, 4.69) is 5.32 Å². The van der Waals surface area contributed by atoms with Gasteiger partial charge in [-0.3, -0.25) is 4.79 Å². The highest BCUT2D eigenvalue weighted by Crippen LogP contribution is 2.37. The zero-order valence-electron chi connectivity index (χ0n) is 20.7. The lowest BCUT2D eigenvalue weighted by Gasteiger charge is -2.37. The number of benzene rings is 2. The summed E-state index contributed by atoms with van der Waals surface area (Å²) in [6, 6.07) is 3.51. The number of fused-ring (bicyclic) bond motifs is 1. The second-order valence-electron chi connectivity index (χ2n) is 8.98. The maximum atomic E-state index is 15.1. The van der Waals surface area contributed by atoms with Crippen LogP contribution in [0.15, 0.2) is 41.3 Å². The van der Waals surface area contributed by atoms with Gasteiger partial charge in [0.05, 0.1) is 22.3 Å². The Balaban J connectivity index is 1.54. The van der Waals surface area contributed by atoms with Crippen molar-refractivity contribution in [2.75, 3.05) is 36.4 Å². The molecule has 2 aromatic carbocycles. The fraction of sp³-hybridized carbons (Fsp3) is 0.320. The normalized spacial score (nSPS) is 14.5. The second-order valence-corrected chi connectivity index (χ2v) is 9.37. The molecule has 1 aromatic heterocycles. The van der Waals surface area contributed by atoms with Gasteiger partial charge in [-0.25, -0.2) is 9.18 Å². The van der Waals surface area contributed by atoms with E-state index in [0.29, 0.717) is 24.2 Å². The summed E-state index contributed by atoms with van der Waals surface area (Å²) >= 11 is 5.23. The lowest BCUT2D eigenvalue weighted by Crippen LogP contribution is -2.50. The first-order valence-electron chi connectivity index (χ1n) is 11.8. The number of pyridine rings is 1. The number of halogens is 7. The third-order valence-corrected chi connectivity index (χ3v) is 6.83. The van der Waals surface area contributed by atoms with Crippen molar-refractivity contribution >= 4 is 45.6 Å². The van der Waals surface area contributed by atoms with Gasteiger partial charge in [-0.1, -0.05) is 0 Å². The van der Waals surface area contributed by atoms with Crippen molar-refractivity contribution in [3.63, 3.8) is 0 Å². The third kappa shape index (κ3) is 5.83. The van der Waals surface area contributed by atoms with Gasteiger partial charge in [-0.05, 0) is 49.5 Å². The molecular weight excluding hydrogens is 569 g/mol. The van der Waals surface area contributed by atoms with E-state index in [-0.39, 0.29) is 48.4 Å². The summed E-state index contributed by atoms with van der Waals surface area (Å²) in [4.78, 5) is 27.2. The van der Waals surface area contributed by atoms with E-state index in [4.69, 9.17) is 12.2 Å². The number of alkyl halides is 6. The van der Waals surface area contributed by atoms with Crippen LogP contribution < -0.4 is 15.6 Å². The number of nitrogens with zero attached hydrogens (tertiary/aromatic N) is 3. The van der Waals surface area contributed by atoms with Gasteiger partial charge < -0.3 is 24.8 Å². The van der Waals surface area contributed by atoms with Crippen molar-refractivity contribution in [2.45, 2.75) is 25.8 Å². The van der Waals surface area contributed by atoms with Crippen LogP contribution in [-0.2, 0) is 18.9 Å². The topological polar surface area (TPSA) is 77.8 Å². The molecule has 0 aliphatic carbocycles. The highest BCUT2D eigenvalue weighted by atomic mass is 32.1. The summed E-state index contributed by atoms with van der Waals surface area (Å²) in [7, 11) is 0. The molecule has 1 fully saturated rings. The molecule has 0 bridgehead atoms. The van der Waals surface area contributed by atoms with Gasteiger partial charge in [-0.15, -0.1) is 0 Å². The molecule has 0 saturated carbocycles. The van der Waals surface area contributed by atoms with Crippen LogP contribution in [0, 0.1) is 5.82 Å². The fourth-order valence-electron chi connectivity index (χ4n) is 4.44. The molecule has 1 aliphatic heterocycles. The van der Waals surface area contributed by atoms with Crippen molar-refractivity contribution in [1.82, 2.24) is 9.47 Å². The molecule has 214 valence electrons. The Hall–Kier alpha value is -3.88. The number of aryl methyl sites for hydroxylation is 1. The van der Waals surface area contributed by atoms with Crippen LogP contribution in [0.4, 0.5) is 42.1 Å². The van der Waals surface area contributed by atoms with Gasteiger partial charge in [0, 0.05) is 50.0 Å². The van der Waals surface area contributed by atoms with Crippen LogP contribution in [0.3, 0.4) is 0 Å². The van der Waals surface area contributed by atoms with Crippen LogP contribution in [0.1, 0.15) is 28.4 Å². The average molecular weight is 591 g/mol. The van der Waals surface area contributed by atoms with Crippen molar-refractivity contribution in [2.24, 2.45) is 0 Å². The summed E-state index contributed by atoms with van der Waals surface area (Å²) in [6.07, 6.45) is -8.83. The molecule has 0 atom stereocenters. The summed E-state index contributed by atoms with van der Waals surface area (Å²) in [5, 5.41) is 11.5. The molecule has 1 aliphatic rings. The van der Waals surface area contributed by atoms with Crippen LogP contribution in [0.2, 0.25) is 0 Å². The zero-order chi connectivity index (χ0) is 29.6. The molecular formula is C25H21F7N4O3S. The molecule has 0 amide bonds. The molecule has 3 aromatic rings. The van der Waals surface area contributed by atoms with Crippen LogP contribution in [0.25, 0.3) is 10.9 Å². The maximum Gasteiger partial charge on any atom is 0.416 e. The van der Waals surface area contributed by atoms with E-state index in [1.54, 1.807) is 11.8 Å². The number of rotatable bonds is 4. The van der Waals surface area contributed by atoms with E-state index in [9.17, 15) is 41.0 Å². The first-order valence-corrected chi connectivity index (χ1v) is 12.2. The van der Waals surface area contributed by atoms with Crippen molar-refractivity contribution in [3.05, 3.63) is 69.3 Å². The first kappa shape index (κ1) is 29.1. The SMILES string of the molecule is CCn1cc(C(=O)O)c(=O)c2cc(F)c(N3CCN(C(=S)Nc4cc(C(F)(F)F)cc(C(F)(F)F)c4)CC3)cc21. The summed E-state index contributed by atoms with van der Waals surface area (Å²) in [6.45, 7) is 2.73. The first-order chi connectivity index (χ1) is 18.6. The predicted molar refractivity (Wildman–Crippen MR) is 137 cm³/mol. The number of nitrogens with one attached hydrogen (secondary N) is 1. The van der Waals surface area contributed by atoms with Crippen LogP contribution in [0.5, 0.6) is 0 Å². The zero-order valence-corrected chi connectivity index (χ0v) is 21.5. The van der Waals surface area contributed by atoms with Gasteiger partial charge in [0.1, 0.15) is 11.4 Å². The number of thiocarbonyl (C=S) groups is 1. The number of hydrogen-bond acceptors (Lipinski definition) is 4. The standard InChI is InChI=1S/C25H21F7N4O3S/c1-2-34-12-17(22(38)39)21(37)16-10-18(26)20(11-19(16)34)35-3-5-36(6-4-35)23(40)33-15-8-13(24(27,28)29)7-14(9-15)25(30,31)32/h7-12H,2-6H2,1H3,(H,33,40)(H,38,39). The van der Waals surface area contributed by atoms with Crippen LogP contribution >= 0.6 is 12.2 Å². The van der Waals surface area contributed by atoms with Crippen LogP contribution in [-0.4, -0.2) is 51.8 Å².